The topological polar surface area (TPSA) is 95.6 Å². The van der Waals surface area contributed by atoms with Gasteiger partial charge in [0.1, 0.15) is 0 Å². The van der Waals surface area contributed by atoms with Gasteiger partial charge in [-0.15, -0.1) is 0 Å². The predicted octanol–water partition coefficient (Wildman–Crippen LogP) is 2.08. The van der Waals surface area contributed by atoms with Crippen LogP contribution in [-0.4, -0.2) is 44.2 Å². The molecular formula is C19H23N3O4S. The van der Waals surface area contributed by atoms with Crippen LogP contribution >= 0.6 is 0 Å². The smallest absolute Gasteiger partial charge is 0.253 e. The first-order valence-corrected chi connectivity index (χ1v) is 9.87. The second-order valence-electron chi connectivity index (χ2n) is 6.30. The molecule has 0 heterocycles. The highest BCUT2D eigenvalue weighted by atomic mass is 32.2. The molecule has 0 saturated carbocycles. The first-order valence-electron chi connectivity index (χ1n) is 8.43. The Bertz CT molecular complexity index is 912. The highest BCUT2D eigenvalue weighted by molar-refractivity contribution is 7.89. The number of hydrogen-bond donors (Lipinski definition) is 2. The predicted molar refractivity (Wildman–Crippen MR) is 104 cm³/mol. The Hall–Kier alpha value is -2.71. The van der Waals surface area contributed by atoms with Crippen molar-refractivity contribution in [3.8, 4) is 0 Å². The lowest BCUT2D eigenvalue weighted by Crippen LogP contribution is -2.35. The fraction of sp³-hybridized carbons (Fsp3) is 0.263. The molecule has 0 saturated heterocycles. The first kappa shape index (κ1) is 20.6. The summed E-state index contributed by atoms with van der Waals surface area (Å²) in [5.41, 5.74) is 0.638. The lowest BCUT2D eigenvalue weighted by Gasteiger charge is -2.18. The van der Waals surface area contributed by atoms with Crippen molar-refractivity contribution in [3.05, 3.63) is 60.2 Å². The number of amides is 2. The van der Waals surface area contributed by atoms with E-state index in [1.54, 1.807) is 42.5 Å². The highest BCUT2D eigenvalue weighted by Crippen LogP contribution is 2.17. The molecule has 2 aromatic carbocycles. The van der Waals surface area contributed by atoms with E-state index in [9.17, 15) is 18.0 Å². The third-order valence-electron chi connectivity index (χ3n) is 3.68. The van der Waals surface area contributed by atoms with Gasteiger partial charge in [0.2, 0.25) is 15.9 Å². The summed E-state index contributed by atoms with van der Waals surface area (Å²) in [6, 6.07) is 14.4. The summed E-state index contributed by atoms with van der Waals surface area (Å²) >= 11 is 0. The monoisotopic (exact) mass is 389 g/mol. The maximum Gasteiger partial charge on any atom is 0.253 e. The molecule has 8 heteroatoms. The number of benzene rings is 2. The van der Waals surface area contributed by atoms with Crippen LogP contribution in [-0.2, 0) is 14.8 Å². The molecule has 144 valence electrons. The van der Waals surface area contributed by atoms with Crippen molar-refractivity contribution in [2.45, 2.75) is 24.8 Å². The quantitative estimate of drug-likeness (QED) is 0.758. The molecule has 0 bridgehead atoms. The number of rotatable bonds is 7. The Balaban J connectivity index is 2.11. The zero-order chi connectivity index (χ0) is 20.0. The van der Waals surface area contributed by atoms with Gasteiger partial charge in [0.25, 0.3) is 5.91 Å². The van der Waals surface area contributed by atoms with Gasteiger partial charge < -0.3 is 10.6 Å². The van der Waals surface area contributed by atoms with E-state index < -0.39 is 15.9 Å². The van der Waals surface area contributed by atoms with E-state index >= 15 is 0 Å². The van der Waals surface area contributed by atoms with Crippen molar-refractivity contribution in [2.24, 2.45) is 0 Å². The van der Waals surface area contributed by atoms with E-state index in [0.717, 1.165) is 4.31 Å². The van der Waals surface area contributed by atoms with Crippen molar-refractivity contribution >= 4 is 27.5 Å². The maximum atomic E-state index is 12.5. The minimum absolute atomic E-state index is 0.0524. The average Bonchev–Trinajstić information content (AvgIpc) is 2.62. The summed E-state index contributed by atoms with van der Waals surface area (Å²) in [7, 11) is -2.44. The number of hydrogen-bond acceptors (Lipinski definition) is 4. The van der Waals surface area contributed by atoms with Gasteiger partial charge in [0.05, 0.1) is 22.7 Å². The van der Waals surface area contributed by atoms with Crippen LogP contribution in [0.2, 0.25) is 0 Å². The van der Waals surface area contributed by atoms with Crippen LogP contribution in [0, 0.1) is 0 Å². The third kappa shape index (κ3) is 5.38. The molecular weight excluding hydrogens is 366 g/mol. The van der Waals surface area contributed by atoms with Gasteiger partial charge in [-0.2, -0.15) is 4.31 Å². The number of carbonyl (C=O) groups is 2. The van der Waals surface area contributed by atoms with Crippen LogP contribution in [0.15, 0.2) is 59.5 Å². The molecule has 0 radical (unpaired) electrons. The molecule has 0 atom stereocenters. The van der Waals surface area contributed by atoms with Crippen LogP contribution in [0.1, 0.15) is 24.2 Å². The molecule has 0 aliphatic heterocycles. The van der Waals surface area contributed by atoms with Crippen LogP contribution in [0.3, 0.4) is 0 Å². The van der Waals surface area contributed by atoms with Crippen LogP contribution in [0.4, 0.5) is 5.69 Å². The molecule has 0 aromatic heterocycles. The van der Waals surface area contributed by atoms with E-state index in [1.165, 1.54) is 19.2 Å². The van der Waals surface area contributed by atoms with Gasteiger partial charge in [-0.3, -0.25) is 9.59 Å². The largest absolute Gasteiger partial charge is 0.350 e. The van der Waals surface area contributed by atoms with Gasteiger partial charge in [0, 0.05) is 13.1 Å². The molecule has 2 N–H and O–H groups in total. The molecule has 2 rings (SSSR count). The van der Waals surface area contributed by atoms with Crippen molar-refractivity contribution in [1.29, 1.82) is 0 Å². The Morgan fingerprint density at radius 1 is 1.00 bits per heavy atom. The molecule has 0 fully saturated rings. The maximum absolute atomic E-state index is 12.5. The lowest BCUT2D eigenvalue weighted by atomic mass is 10.1. The van der Waals surface area contributed by atoms with Crippen LogP contribution in [0.25, 0.3) is 0 Å². The number of anilines is 1. The van der Waals surface area contributed by atoms with Crippen LogP contribution < -0.4 is 10.6 Å². The molecule has 0 aliphatic carbocycles. The number of nitrogens with zero attached hydrogens (tertiary/aromatic N) is 1. The summed E-state index contributed by atoms with van der Waals surface area (Å²) < 4.78 is 26.0. The number of para-hydroxylation sites is 1. The second kappa shape index (κ2) is 8.79. The van der Waals surface area contributed by atoms with E-state index in [1.807, 2.05) is 13.8 Å². The molecule has 0 spiro atoms. The molecule has 2 amide bonds. The Morgan fingerprint density at radius 2 is 1.59 bits per heavy atom. The number of sulfonamides is 1. The average molecular weight is 389 g/mol. The Morgan fingerprint density at radius 3 is 2.22 bits per heavy atom. The highest BCUT2D eigenvalue weighted by Gasteiger charge is 2.23. The number of carbonyl (C=O) groups excluding carboxylic acids is 2. The van der Waals surface area contributed by atoms with Gasteiger partial charge in [0.15, 0.2) is 0 Å². The van der Waals surface area contributed by atoms with Crippen molar-refractivity contribution in [3.63, 3.8) is 0 Å². The van der Waals surface area contributed by atoms with Crippen molar-refractivity contribution in [2.75, 3.05) is 18.9 Å². The van der Waals surface area contributed by atoms with Gasteiger partial charge >= 0.3 is 0 Å². The van der Waals surface area contributed by atoms with Gasteiger partial charge in [-0.25, -0.2) is 8.42 Å². The zero-order valence-electron chi connectivity index (χ0n) is 15.5. The van der Waals surface area contributed by atoms with E-state index in [0.29, 0.717) is 11.3 Å². The lowest BCUT2D eigenvalue weighted by molar-refractivity contribution is -0.116. The zero-order valence-corrected chi connectivity index (χ0v) is 16.3. The van der Waals surface area contributed by atoms with E-state index in [4.69, 9.17) is 0 Å². The molecule has 0 aliphatic rings. The summed E-state index contributed by atoms with van der Waals surface area (Å²) in [5, 5.41) is 5.38. The van der Waals surface area contributed by atoms with Crippen molar-refractivity contribution in [1.82, 2.24) is 9.62 Å². The van der Waals surface area contributed by atoms with Crippen LogP contribution in [0.5, 0.6) is 0 Å². The summed E-state index contributed by atoms with van der Waals surface area (Å²) in [4.78, 5) is 24.7. The van der Waals surface area contributed by atoms with Gasteiger partial charge in [-0.1, -0.05) is 30.3 Å². The third-order valence-corrected chi connectivity index (χ3v) is 5.50. The molecule has 7 nitrogen and oxygen atoms in total. The van der Waals surface area contributed by atoms with Crippen molar-refractivity contribution < 1.29 is 18.0 Å². The molecule has 27 heavy (non-hydrogen) atoms. The van der Waals surface area contributed by atoms with E-state index in [-0.39, 0.29) is 23.4 Å². The fourth-order valence-corrected chi connectivity index (χ4v) is 3.53. The van der Waals surface area contributed by atoms with E-state index in [2.05, 4.69) is 10.6 Å². The Labute approximate surface area is 159 Å². The SMILES string of the molecule is CC(C)NC(=O)c1ccccc1NC(=O)CN(C)S(=O)(=O)c1ccccc1. The minimum atomic E-state index is -3.78. The summed E-state index contributed by atoms with van der Waals surface area (Å²) in [6.45, 7) is 3.29. The number of nitrogens with one attached hydrogen (secondary N) is 2. The summed E-state index contributed by atoms with van der Waals surface area (Å²) in [6.07, 6.45) is 0. The Kier molecular flexibility index (Phi) is 6.70. The second-order valence-corrected chi connectivity index (χ2v) is 8.34. The first-order chi connectivity index (χ1) is 12.7. The molecule has 2 aromatic rings. The fourth-order valence-electron chi connectivity index (χ4n) is 2.38. The normalized spacial score (nSPS) is 11.4. The summed E-state index contributed by atoms with van der Waals surface area (Å²) in [5.74, 6) is -0.854. The molecule has 0 unspecified atom stereocenters. The number of likely N-dealkylation sites (N-methyl/N-ethyl adjacent to an activating group) is 1. The minimum Gasteiger partial charge on any atom is -0.350 e. The standard InChI is InChI=1S/C19H23N3O4S/c1-14(2)20-19(24)16-11-7-8-12-17(16)21-18(23)13-22(3)27(25,26)15-9-5-4-6-10-15/h4-12,14H,13H2,1-3H3,(H,20,24)(H,21,23). The van der Waals surface area contributed by atoms with Gasteiger partial charge in [-0.05, 0) is 38.1 Å².